The number of aryl methyl sites for hydroxylation is 1. The summed E-state index contributed by atoms with van der Waals surface area (Å²) >= 11 is 0. The Balaban J connectivity index is 2.05. The van der Waals surface area contributed by atoms with Crippen LogP contribution in [0.5, 0.6) is 0 Å². The Labute approximate surface area is 96.0 Å². The number of aromatic nitrogens is 2. The molecule has 2 atom stereocenters. The van der Waals surface area contributed by atoms with Crippen molar-refractivity contribution in [1.82, 2.24) is 15.0 Å². The van der Waals surface area contributed by atoms with Crippen LogP contribution in [0.2, 0.25) is 0 Å². The SMILES string of the molecule is Cc1noc(CN2C(C)CCCC2CN)n1. The van der Waals surface area contributed by atoms with E-state index in [2.05, 4.69) is 22.0 Å². The van der Waals surface area contributed by atoms with Crippen LogP contribution in [0.25, 0.3) is 0 Å². The predicted octanol–water partition coefficient (Wildman–Crippen LogP) is 1.08. The Bertz CT molecular complexity index is 338. The van der Waals surface area contributed by atoms with Crippen LogP contribution in [0.3, 0.4) is 0 Å². The minimum absolute atomic E-state index is 0.455. The van der Waals surface area contributed by atoms with Crippen molar-refractivity contribution < 1.29 is 4.52 Å². The van der Waals surface area contributed by atoms with Crippen molar-refractivity contribution >= 4 is 0 Å². The van der Waals surface area contributed by atoms with Gasteiger partial charge in [-0.1, -0.05) is 11.6 Å². The molecule has 1 aromatic rings. The fourth-order valence-electron chi connectivity index (χ4n) is 2.44. The fourth-order valence-corrected chi connectivity index (χ4v) is 2.44. The average Bonchev–Trinajstić information content (AvgIpc) is 2.67. The summed E-state index contributed by atoms with van der Waals surface area (Å²) < 4.78 is 5.16. The van der Waals surface area contributed by atoms with E-state index >= 15 is 0 Å². The quantitative estimate of drug-likeness (QED) is 0.832. The number of rotatable bonds is 3. The Kier molecular flexibility index (Phi) is 3.56. The molecular formula is C11H20N4O. The average molecular weight is 224 g/mol. The van der Waals surface area contributed by atoms with E-state index in [1.54, 1.807) is 0 Å². The highest BCUT2D eigenvalue weighted by atomic mass is 16.5. The summed E-state index contributed by atoms with van der Waals surface area (Å²) in [7, 11) is 0. The summed E-state index contributed by atoms with van der Waals surface area (Å²) in [5.74, 6) is 1.40. The molecular weight excluding hydrogens is 204 g/mol. The molecule has 0 saturated carbocycles. The maximum absolute atomic E-state index is 5.81. The summed E-state index contributed by atoms with van der Waals surface area (Å²) in [6.45, 7) is 5.51. The van der Waals surface area contributed by atoms with Crippen LogP contribution in [-0.4, -0.2) is 33.7 Å². The Hall–Kier alpha value is -0.940. The number of hydrogen-bond donors (Lipinski definition) is 1. The van der Waals surface area contributed by atoms with E-state index in [-0.39, 0.29) is 0 Å². The molecule has 5 nitrogen and oxygen atoms in total. The Morgan fingerprint density at radius 1 is 1.50 bits per heavy atom. The number of nitrogens with two attached hydrogens (primary N) is 1. The van der Waals surface area contributed by atoms with Gasteiger partial charge in [0.1, 0.15) is 0 Å². The van der Waals surface area contributed by atoms with E-state index in [0.29, 0.717) is 30.3 Å². The highest BCUT2D eigenvalue weighted by Crippen LogP contribution is 2.23. The van der Waals surface area contributed by atoms with Crippen molar-refractivity contribution in [3.63, 3.8) is 0 Å². The molecule has 1 aliphatic rings. The van der Waals surface area contributed by atoms with Gasteiger partial charge in [-0.2, -0.15) is 4.98 Å². The van der Waals surface area contributed by atoms with Gasteiger partial charge in [-0.15, -0.1) is 0 Å². The summed E-state index contributed by atoms with van der Waals surface area (Å²) in [5, 5.41) is 3.81. The lowest BCUT2D eigenvalue weighted by molar-refractivity contribution is 0.0770. The van der Waals surface area contributed by atoms with Crippen LogP contribution in [-0.2, 0) is 6.54 Å². The van der Waals surface area contributed by atoms with E-state index in [4.69, 9.17) is 10.3 Å². The summed E-state index contributed by atoms with van der Waals surface area (Å²) in [6.07, 6.45) is 3.67. The number of nitrogens with zero attached hydrogens (tertiary/aromatic N) is 3. The van der Waals surface area contributed by atoms with Crippen molar-refractivity contribution in [1.29, 1.82) is 0 Å². The third-order valence-electron chi connectivity index (χ3n) is 3.35. The van der Waals surface area contributed by atoms with Crippen molar-refractivity contribution in [2.45, 2.75) is 51.7 Å². The molecule has 0 radical (unpaired) electrons. The van der Waals surface area contributed by atoms with Crippen LogP contribution in [0.1, 0.15) is 37.9 Å². The van der Waals surface area contributed by atoms with Crippen molar-refractivity contribution in [3.05, 3.63) is 11.7 Å². The van der Waals surface area contributed by atoms with E-state index in [0.717, 1.165) is 6.54 Å². The monoisotopic (exact) mass is 224 g/mol. The first-order valence-corrected chi connectivity index (χ1v) is 5.95. The number of piperidine rings is 1. The van der Waals surface area contributed by atoms with Crippen LogP contribution in [0, 0.1) is 6.92 Å². The van der Waals surface area contributed by atoms with Gasteiger partial charge in [-0.05, 0) is 26.7 Å². The molecule has 1 aliphatic heterocycles. The fraction of sp³-hybridized carbons (Fsp3) is 0.818. The third-order valence-corrected chi connectivity index (χ3v) is 3.35. The summed E-state index contributed by atoms with van der Waals surface area (Å²) in [4.78, 5) is 6.63. The maximum Gasteiger partial charge on any atom is 0.240 e. The minimum Gasteiger partial charge on any atom is -0.338 e. The van der Waals surface area contributed by atoms with E-state index in [1.807, 2.05) is 6.92 Å². The molecule has 16 heavy (non-hydrogen) atoms. The second-order valence-electron chi connectivity index (χ2n) is 4.58. The normalized spacial score (nSPS) is 27.2. The zero-order chi connectivity index (χ0) is 11.5. The molecule has 0 amide bonds. The standard InChI is InChI=1S/C11H20N4O/c1-8-4-3-5-10(6-12)15(8)7-11-13-9(2)14-16-11/h8,10H,3-7,12H2,1-2H3. The zero-order valence-electron chi connectivity index (χ0n) is 10.0. The zero-order valence-corrected chi connectivity index (χ0v) is 10.0. The lowest BCUT2D eigenvalue weighted by atomic mass is 9.96. The van der Waals surface area contributed by atoms with Crippen LogP contribution < -0.4 is 5.73 Å². The second kappa shape index (κ2) is 4.93. The topological polar surface area (TPSA) is 68.2 Å². The number of likely N-dealkylation sites (tertiary alicyclic amines) is 1. The van der Waals surface area contributed by atoms with E-state index < -0.39 is 0 Å². The third kappa shape index (κ3) is 2.41. The molecule has 1 saturated heterocycles. The van der Waals surface area contributed by atoms with Crippen molar-refractivity contribution in [3.8, 4) is 0 Å². The molecule has 0 aliphatic carbocycles. The molecule has 2 N–H and O–H groups in total. The molecule has 0 spiro atoms. The smallest absolute Gasteiger partial charge is 0.240 e. The summed E-state index contributed by atoms with van der Waals surface area (Å²) in [6, 6.07) is 1.01. The lowest BCUT2D eigenvalue weighted by Gasteiger charge is -2.39. The first-order chi connectivity index (χ1) is 7.70. The van der Waals surface area contributed by atoms with Gasteiger partial charge in [0.25, 0.3) is 0 Å². The highest BCUT2D eigenvalue weighted by molar-refractivity contribution is 4.89. The lowest BCUT2D eigenvalue weighted by Crippen LogP contribution is -2.48. The van der Waals surface area contributed by atoms with Crippen LogP contribution >= 0.6 is 0 Å². The van der Waals surface area contributed by atoms with Gasteiger partial charge in [0, 0.05) is 18.6 Å². The Morgan fingerprint density at radius 3 is 2.94 bits per heavy atom. The van der Waals surface area contributed by atoms with E-state index in [9.17, 15) is 0 Å². The largest absolute Gasteiger partial charge is 0.338 e. The molecule has 2 heterocycles. The van der Waals surface area contributed by atoms with Gasteiger partial charge in [0.05, 0.1) is 6.54 Å². The number of hydrogen-bond acceptors (Lipinski definition) is 5. The Morgan fingerprint density at radius 2 is 2.31 bits per heavy atom. The highest BCUT2D eigenvalue weighted by Gasteiger charge is 2.28. The molecule has 0 aromatic carbocycles. The van der Waals surface area contributed by atoms with Crippen LogP contribution in [0.15, 0.2) is 4.52 Å². The van der Waals surface area contributed by atoms with Gasteiger partial charge in [0.15, 0.2) is 5.82 Å². The van der Waals surface area contributed by atoms with E-state index in [1.165, 1.54) is 19.3 Å². The first-order valence-electron chi connectivity index (χ1n) is 5.95. The van der Waals surface area contributed by atoms with Gasteiger partial charge in [-0.3, -0.25) is 4.90 Å². The molecule has 2 rings (SSSR count). The second-order valence-corrected chi connectivity index (χ2v) is 4.58. The van der Waals surface area contributed by atoms with Gasteiger partial charge in [0.2, 0.25) is 5.89 Å². The molecule has 90 valence electrons. The van der Waals surface area contributed by atoms with Gasteiger partial charge in [-0.25, -0.2) is 0 Å². The molecule has 0 bridgehead atoms. The van der Waals surface area contributed by atoms with Crippen LogP contribution in [0.4, 0.5) is 0 Å². The van der Waals surface area contributed by atoms with Crippen molar-refractivity contribution in [2.24, 2.45) is 5.73 Å². The minimum atomic E-state index is 0.455. The first kappa shape index (κ1) is 11.5. The molecule has 2 unspecified atom stereocenters. The molecule has 1 fully saturated rings. The van der Waals surface area contributed by atoms with Crippen molar-refractivity contribution in [2.75, 3.05) is 6.54 Å². The predicted molar refractivity (Wildman–Crippen MR) is 60.7 cm³/mol. The molecule has 1 aromatic heterocycles. The van der Waals surface area contributed by atoms with Gasteiger partial charge < -0.3 is 10.3 Å². The maximum atomic E-state index is 5.81. The molecule has 5 heteroatoms. The van der Waals surface area contributed by atoms with Gasteiger partial charge >= 0.3 is 0 Å². The summed E-state index contributed by atoms with van der Waals surface area (Å²) in [5.41, 5.74) is 5.81.